The van der Waals surface area contributed by atoms with Crippen LogP contribution in [0.4, 0.5) is 11.5 Å². The third kappa shape index (κ3) is 5.56. The van der Waals surface area contributed by atoms with Crippen LogP contribution in [0.1, 0.15) is 49.0 Å². The first kappa shape index (κ1) is 20.8. The molecule has 0 radical (unpaired) electrons. The van der Waals surface area contributed by atoms with E-state index in [4.69, 9.17) is 0 Å². The normalized spacial score (nSPS) is 17.5. The van der Waals surface area contributed by atoms with Crippen molar-refractivity contribution in [1.82, 2.24) is 10.3 Å². The number of nitrogens with zero attached hydrogens (tertiary/aromatic N) is 2. The largest absolute Gasteiger partial charge is 0.356 e. The van der Waals surface area contributed by atoms with Crippen LogP contribution in [-0.2, 0) is 4.79 Å². The van der Waals surface area contributed by atoms with Crippen molar-refractivity contribution >= 4 is 23.3 Å². The number of anilines is 2. The highest BCUT2D eigenvalue weighted by molar-refractivity contribution is 6.04. The second kappa shape index (κ2) is 9.54. The van der Waals surface area contributed by atoms with E-state index in [-0.39, 0.29) is 23.8 Å². The molecule has 154 valence electrons. The van der Waals surface area contributed by atoms with Gasteiger partial charge in [0.25, 0.3) is 5.91 Å². The van der Waals surface area contributed by atoms with Gasteiger partial charge in [-0.3, -0.25) is 9.59 Å². The highest BCUT2D eigenvalue weighted by atomic mass is 16.2. The number of carbonyl (C=O) groups excluding carboxylic acids is 2. The lowest BCUT2D eigenvalue weighted by Gasteiger charge is -2.33. The summed E-state index contributed by atoms with van der Waals surface area (Å²) in [4.78, 5) is 31.5. The van der Waals surface area contributed by atoms with Gasteiger partial charge in [-0.05, 0) is 57.4 Å². The zero-order chi connectivity index (χ0) is 20.8. The lowest BCUT2D eigenvalue weighted by Crippen LogP contribution is -2.45. The third-order valence-corrected chi connectivity index (χ3v) is 5.44. The Morgan fingerprint density at radius 2 is 1.97 bits per heavy atom. The van der Waals surface area contributed by atoms with E-state index in [2.05, 4.69) is 27.4 Å². The topological polar surface area (TPSA) is 74.3 Å². The number of pyridine rings is 1. The van der Waals surface area contributed by atoms with Crippen LogP contribution < -0.4 is 15.5 Å². The van der Waals surface area contributed by atoms with E-state index in [1.54, 1.807) is 6.20 Å². The van der Waals surface area contributed by atoms with Gasteiger partial charge in [0.15, 0.2) is 0 Å². The van der Waals surface area contributed by atoms with Crippen LogP contribution in [-0.4, -0.2) is 35.9 Å². The fourth-order valence-electron chi connectivity index (χ4n) is 3.42. The smallest absolute Gasteiger partial charge is 0.255 e. The van der Waals surface area contributed by atoms with Crippen molar-refractivity contribution in [2.45, 2.75) is 46.1 Å². The van der Waals surface area contributed by atoms with Crippen molar-refractivity contribution in [2.24, 2.45) is 5.92 Å². The minimum Gasteiger partial charge on any atom is -0.356 e. The number of aromatic nitrogens is 1. The molecule has 1 aliphatic heterocycles. The van der Waals surface area contributed by atoms with E-state index in [0.29, 0.717) is 17.8 Å². The van der Waals surface area contributed by atoms with Crippen molar-refractivity contribution in [3.8, 4) is 0 Å². The lowest BCUT2D eigenvalue weighted by atomic mass is 9.96. The second-order valence-electron chi connectivity index (χ2n) is 7.83. The average molecular weight is 395 g/mol. The maximum Gasteiger partial charge on any atom is 0.255 e. The van der Waals surface area contributed by atoms with Gasteiger partial charge in [0, 0.05) is 24.7 Å². The monoisotopic (exact) mass is 394 g/mol. The van der Waals surface area contributed by atoms with Crippen LogP contribution in [0.2, 0.25) is 0 Å². The molecule has 29 heavy (non-hydrogen) atoms. The van der Waals surface area contributed by atoms with E-state index in [1.165, 1.54) is 0 Å². The molecule has 2 amide bonds. The first-order valence-corrected chi connectivity index (χ1v) is 10.4. The van der Waals surface area contributed by atoms with Crippen molar-refractivity contribution in [1.29, 1.82) is 0 Å². The number of nitrogens with one attached hydrogen (secondary N) is 2. The van der Waals surface area contributed by atoms with E-state index in [1.807, 2.05) is 50.2 Å². The number of carbonyl (C=O) groups is 2. The molecule has 1 aromatic carbocycles. The average Bonchev–Trinajstić information content (AvgIpc) is 2.74. The summed E-state index contributed by atoms with van der Waals surface area (Å²) in [6, 6.07) is 11.4. The molecule has 0 spiro atoms. The predicted octanol–water partition coefficient (Wildman–Crippen LogP) is 3.77. The van der Waals surface area contributed by atoms with Gasteiger partial charge in [-0.1, -0.05) is 24.6 Å². The molecule has 2 N–H and O–H groups in total. The number of benzene rings is 1. The molecule has 1 aromatic heterocycles. The highest BCUT2D eigenvalue weighted by Crippen LogP contribution is 2.23. The molecule has 0 aliphatic carbocycles. The van der Waals surface area contributed by atoms with Crippen molar-refractivity contribution < 1.29 is 9.59 Å². The Hall–Kier alpha value is -2.89. The minimum atomic E-state index is -0.153. The molecule has 6 nitrogen and oxygen atoms in total. The summed E-state index contributed by atoms with van der Waals surface area (Å²) in [5, 5.41) is 5.97. The Morgan fingerprint density at radius 3 is 2.62 bits per heavy atom. The van der Waals surface area contributed by atoms with Crippen molar-refractivity contribution in [3.05, 3.63) is 53.7 Å². The zero-order valence-electron chi connectivity index (χ0n) is 17.4. The molecule has 2 aromatic rings. The van der Waals surface area contributed by atoms with Gasteiger partial charge in [0.2, 0.25) is 5.91 Å². The quantitative estimate of drug-likeness (QED) is 0.782. The molecular formula is C23H30N4O2. The maximum absolute atomic E-state index is 12.5. The summed E-state index contributed by atoms with van der Waals surface area (Å²) in [5.41, 5.74) is 2.39. The third-order valence-electron chi connectivity index (χ3n) is 5.44. The van der Waals surface area contributed by atoms with E-state index in [9.17, 15) is 9.59 Å². The van der Waals surface area contributed by atoms with Crippen molar-refractivity contribution in [3.63, 3.8) is 0 Å². The van der Waals surface area contributed by atoms with Gasteiger partial charge in [-0.15, -0.1) is 0 Å². The number of aryl methyl sites for hydroxylation is 1. The van der Waals surface area contributed by atoms with E-state index in [0.717, 1.165) is 37.2 Å². The molecule has 0 saturated carbocycles. The SMILES string of the molecule is CCC(C)NC(=O)C1CCCN(c2ccc(NC(=O)c3ccc(C)cc3)cn2)C1. The van der Waals surface area contributed by atoms with Gasteiger partial charge in [-0.2, -0.15) is 0 Å². The minimum absolute atomic E-state index is 0.0135. The number of piperidine rings is 1. The fraction of sp³-hybridized carbons (Fsp3) is 0.435. The molecule has 1 aliphatic rings. The standard InChI is InChI=1S/C23H30N4O2/c1-4-17(3)25-23(29)19-6-5-13-27(15-19)21-12-11-20(14-24-21)26-22(28)18-9-7-16(2)8-10-18/h7-12,14,17,19H,4-6,13,15H2,1-3H3,(H,25,29)(H,26,28). The van der Waals surface area contributed by atoms with Crippen LogP contribution in [0.15, 0.2) is 42.6 Å². The predicted molar refractivity (Wildman–Crippen MR) is 116 cm³/mol. The van der Waals surface area contributed by atoms with Gasteiger partial charge in [0.1, 0.15) is 5.82 Å². The van der Waals surface area contributed by atoms with Crippen LogP contribution in [0.5, 0.6) is 0 Å². The number of rotatable bonds is 6. The molecule has 2 unspecified atom stereocenters. The van der Waals surface area contributed by atoms with Gasteiger partial charge in [0.05, 0.1) is 17.8 Å². The summed E-state index contributed by atoms with van der Waals surface area (Å²) in [6.45, 7) is 7.65. The van der Waals surface area contributed by atoms with Gasteiger partial charge >= 0.3 is 0 Å². The Morgan fingerprint density at radius 1 is 1.21 bits per heavy atom. The lowest BCUT2D eigenvalue weighted by molar-refractivity contribution is -0.125. The zero-order valence-corrected chi connectivity index (χ0v) is 17.4. The first-order chi connectivity index (χ1) is 14.0. The summed E-state index contributed by atoms with van der Waals surface area (Å²) >= 11 is 0. The fourth-order valence-corrected chi connectivity index (χ4v) is 3.42. The number of amides is 2. The van der Waals surface area contributed by atoms with Crippen LogP contribution in [0.3, 0.4) is 0 Å². The molecule has 0 bridgehead atoms. The summed E-state index contributed by atoms with van der Waals surface area (Å²) < 4.78 is 0. The first-order valence-electron chi connectivity index (χ1n) is 10.4. The van der Waals surface area contributed by atoms with Gasteiger partial charge < -0.3 is 15.5 Å². The Balaban J connectivity index is 1.59. The van der Waals surface area contributed by atoms with Crippen molar-refractivity contribution in [2.75, 3.05) is 23.3 Å². The van der Waals surface area contributed by atoms with Crippen LogP contribution in [0, 0.1) is 12.8 Å². The molecule has 3 rings (SSSR count). The molecular weight excluding hydrogens is 364 g/mol. The van der Waals surface area contributed by atoms with E-state index >= 15 is 0 Å². The summed E-state index contributed by atoms with van der Waals surface area (Å²) in [6.07, 6.45) is 4.47. The Bertz CT molecular complexity index is 833. The summed E-state index contributed by atoms with van der Waals surface area (Å²) in [5.74, 6) is 0.796. The highest BCUT2D eigenvalue weighted by Gasteiger charge is 2.27. The molecule has 1 saturated heterocycles. The molecule has 1 fully saturated rings. The van der Waals surface area contributed by atoms with Crippen LogP contribution in [0.25, 0.3) is 0 Å². The summed E-state index contributed by atoms with van der Waals surface area (Å²) in [7, 11) is 0. The number of hydrogen-bond acceptors (Lipinski definition) is 4. The second-order valence-corrected chi connectivity index (χ2v) is 7.83. The number of hydrogen-bond donors (Lipinski definition) is 2. The molecule has 2 heterocycles. The Kier molecular flexibility index (Phi) is 6.86. The molecule has 6 heteroatoms. The van der Waals surface area contributed by atoms with Crippen LogP contribution >= 0.6 is 0 Å². The van der Waals surface area contributed by atoms with Gasteiger partial charge in [-0.25, -0.2) is 4.98 Å². The maximum atomic E-state index is 12.5. The Labute approximate surface area is 172 Å². The van der Waals surface area contributed by atoms with E-state index < -0.39 is 0 Å². The molecule has 2 atom stereocenters.